The topological polar surface area (TPSA) is 111 Å². The normalized spacial score (nSPS) is 14.3. The number of hydrogen-bond donors (Lipinski definition) is 0. The third-order valence-electron chi connectivity index (χ3n) is 5.69. The van der Waals surface area contributed by atoms with E-state index >= 15 is 0 Å². The maximum Gasteiger partial charge on any atom is 0.306 e. The van der Waals surface area contributed by atoms with Gasteiger partial charge in [0.15, 0.2) is 6.10 Å². The van der Waals surface area contributed by atoms with Crippen molar-refractivity contribution in [3.8, 4) is 0 Å². The van der Waals surface area contributed by atoms with E-state index in [1.807, 2.05) is 21.1 Å². The average molecular weight is 538 g/mol. The molecule has 0 amide bonds. The lowest BCUT2D eigenvalue weighted by Crippen LogP contribution is -2.37. The lowest BCUT2D eigenvalue weighted by atomic mass is 10.0. The number of likely N-dealkylation sites (N-methyl/N-ethyl adjacent to an activating group) is 1. The molecular formula is C26H52NO8P. The first-order valence-corrected chi connectivity index (χ1v) is 15.1. The second-order valence-electron chi connectivity index (χ2n) is 10.5. The number of phosphoric acid groups is 1. The summed E-state index contributed by atoms with van der Waals surface area (Å²) in [7, 11) is 1.16. The summed E-state index contributed by atoms with van der Waals surface area (Å²) in [5, 5.41) is 0. The SMILES string of the molecule is CCCCCCCCCCCCCCCC(=O)OC(COC(C)=O)COP(=O)([O-])OCC[N+](C)(C)C. The van der Waals surface area contributed by atoms with Gasteiger partial charge in [-0.1, -0.05) is 84.0 Å². The van der Waals surface area contributed by atoms with E-state index in [-0.39, 0.29) is 19.6 Å². The second-order valence-corrected chi connectivity index (χ2v) is 11.9. The van der Waals surface area contributed by atoms with Crippen LogP contribution in [0.4, 0.5) is 0 Å². The average Bonchev–Trinajstić information content (AvgIpc) is 2.77. The Hall–Kier alpha value is -0.990. The van der Waals surface area contributed by atoms with E-state index in [1.165, 1.54) is 71.1 Å². The molecule has 0 N–H and O–H groups in total. The van der Waals surface area contributed by atoms with Crippen molar-refractivity contribution in [3.05, 3.63) is 0 Å². The van der Waals surface area contributed by atoms with Gasteiger partial charge in [0.25, 0.3) is 7.82 Å². The molecule has 0 heterocycles. The van der Waals surface area contributed by atoms with Gasteiger partial charge in [-0.05, 0) is 6.42 Å². The Kier molecular flexibility index (Phi) is 20.4. The zero-order valence-electron chi connectivity index (χ0n) is 23.5. The molecule has 0 aromatic rings. The number of esters is 2. The third kappa shape index (κ3) is 24.7. The summed E-state index contributed by atoms with van der Waals surface area (Å²) in [6.45, 7) is 3.15. The largest absolute Gasteiger partial charge is 0.756 e. The number of rotatable bonds is 24. The molecule has 0 aliphatic rings. The first kappa shape index (κ1) is 35.0. The maximum atomic E-state index is 12.2. The van der Waals surface area contributed by atoms with Crippen molar-refractivity contribution >= 4 is 19.8 Å². The summed E-state index contributed by atoms with van der Waals surface area (Å²) in [6.07, 6.45) is 14.9. The van der Waals surface area contributed by atoms with Crippen molar-refractivity contribution in [2.45, 2.75) is 110 Å². The fourth-order valence-corrected chi connectivity index (χ4v) is 4.23. The first-order valence-electron chi connectivity index (χ1n) is 13.7. The molecule has 0 spiro atoms. The molecule has 0 fully saturated rings. The highest BCUT2D eigenvalue weighted by molar-refractivity contribution is 7.45. The van der Waals surface area contributed by atoms with Gasteiger partial charge in [0.05, 0.1) is 27.7 Å². The molecule has 0 aliphatic carbocycles. The fraction of sp³-hybridized carbons (Fsp3) is 0.923. The molecule has 0 saturated heterocycles. The molecule has 214 valence electrons. The van der Waals surface area contributed by atoms with Crippen molar-refractivity contribution in [1.29, 1.82) is 0 Å². The van der Waals surface area contributed by atoms with Crippen molar-refractivity contribution in [3.63, 3.8) is 0 Å². The molecule has 10 heteroatoms. The second kappa shape index (κ2) is 21.0. The van der Waals surface area contributed by atoms with Gasteiger partial charge >= 0.3 is 11.9 Å². The van der Waals surface area contributed by atoms with Crippen LogP contribution in [0, 0.1) is 0 Å². The molecule has 0 saturated carbocycles. The molecule has 36 heavy (non-hydrogen) atoms. The minimum absolute atomic E-state index is 0.0300. The minimum Gasteiger partial charge on any atom is -0.756 e. The van der Waals surface area contributed by atoms with Gasteiger partial charge in [-0.25, -0.2) is 0 Å². The van der Waals surface area contributed by atoms with Crippen LogP contribution in [0.2, 0.25) is 0 Å². The van der Waals surface area contributed by atoms with Crippen molar-refractivity contribution < 1.29 is 42.1 Å². The van der Waals surface area contributed by atoms with Crippen LogP contribution in [-0.2, 0) is 32.7 Å². The summed E-state index contributed by atoms with van der Waals surface area (Å²) in [6, 6.07) is 0. The molecule has 2 atom stereocenters. The molecule has 9 nitrogen and oxygen atoms in total. The molecule has 0 aromatic carbocycles. The molecule has 0 bridgehead atoms. The minimum atomic E-state index is -4.57. The molecular weight excluding hydrogens is 485 g/mol. The Balaban J connectivity index is 4.08. The van der Waals surface area contributed by atoms with Gasteiger partial charge in [0.1, 0.15) is 19.8 Å². The van der Waals surface area contributed by atoms with Gasteiger partial charge in [0, 0.05) is 13.3 Å². The van der Waals surface area contributed by atoms with Gasteiger partial charge < -0.3 is 27.9 Å². The molecule has 0 aromatic heterocycles. The fourth-order valence-electron chi connectivity index (χ4n) is 3.50. The quantitative estimate of drug-likeness (QED) is 0.0719. The number of unbranched alkanes of at least 4 members (excludes halogenated alkanes) is 12. The van der Waals surface area contributed by atoms with Crippen LogP contribution >= 0.6 is 7.82 Å². The van der Waals surface area contributed by atoms with Gasteiger partial charge in [0.2, 0.25) is 0 Å². The van der Waals surface area contributed by atoms with E-state index in [1.54, 1.807) is 0 Å². The maximum absolute atomic E-state index is 12.2. The van der Waals surface area contributed by atoms with Crippen LogP contribution in [0.1, 0.15) is 104 Å². The number of carbonyl (C=O) groups excluding carboxylic acids is 2. The third-order valence-corrected chi connectivity index (χ3v) is 6.65. The molecule has 2 unspecified atom stereocenters. The molecule has 0 aliphatic heterocycles. The number of phosphoric ester groups is 1. The highest BCUT2D eigenvalue weighted by Crippen LogP contribution is 2.38. The van der Waals surface area contributed by atoms with E-state index in [4.69, 9.17) is 18.5 Å². The van der Waals surface area contributed by atoms with E-state index in [9.17, 15) is 19.0 Å². The van der Waals surface area contributed by atoms with Crippen LogP contribution in [0.15, 0.2) is 0 Å². The number of carbonyl (C=O) groups is 2. The lowest BCUT2D eigenvalue weighted by molar-refractivity contribution is -0.870. The first-order chi connectivity index (χ1) is 16.9. The Labute approximate surface area is 219 Å². The summed E-state index contributed by atoms with van der Waals surface area (Å²) < 4.78 is 32.4. The predicted octanol–water partition coefficient (Wildman–Crippen LogP) is 5.15. The lowest BCUT2D eigenvalue weighted by Gasteiger charge is -2.28. The number of ether oxygens (including phenoxy) is 2. The predicted molar refractivity (Wildman–Crippen MR) is 139 cm³/mol. The van der Waals surface area contributed by atoms with Crippen LogP contribution in [0.3, 0.4) is 0 Å². The zero-order valence-corrected chi connectivity index (χ0v) is 24.4. The smallest absolute Gasteiger partial charge is 0.306 e. The number of hydrogen-bond acceptors (Lipinski definition) is 8. The Morgan fingerprint density at radius 2 is 1.31 bits per heavy atom. The molecule has 0 radical (unpaired) electrons. The van der Waals surface area contributed by atoms with Crippen molar-refractivity contribution in [2.24, 2.45) is 0 Å². The summed E-state index contributed by atoms with van der Waals surface area (Å²) in [4.78, 5) is 35.3. The summed E-state index contributed by atoms with van der Waals surface area (Å²) in [5.41, 5.74) is 0. The number of quaternary nitrogens is 1. The van der Waals surface area contributed by atoms with Crippen LogP contribution in [0.5, 0.6) is 0 Å². The zero-order chi connectivity index (χ0) is 27.3. The Morgan fingerprint density at radius 3 is 1.78 bits per heavy atom. The van der Waals surface area contributed by atoms with Crippen LogP contribution < -0.4 is 4.89 Å². The molecule has 0 rings (SSSR count). The van der Waals surface area contributed by atoms with Crippen LogP contribution in [-0.4, -0.2) is 70.0 Å². The number of nitrogens with zero attached hydrogens (tertiary/aromatic N) is 1. The van der Waals surface area contributed by atoms with Crippen molar-refractivity contribution in [1.82, 2.24) is 0 Å². The van der Waals surface area contributed by atoms with E-state index in [0.717, 1.165) is 12.8 Å². The van der Waals surface area contributed by atoms with Gasteiger partial charge in [-0.2, -0.15) is 0 Å². The van der Waals surface area contributed by atoms with Gasteiger partial charge in [-0.3, -0.25) is 14.2 Å². The highest BCUT2D eigenvalue weighted by Gasteiger charge is 2.21. The van der Waals surface area contributed by atoms with Crippen LogP contribution in [0.25, 0.3) is 0 Å². The summed E-state index contributed by atoms with van der Waals surface area (Å²) in [5.74, 6) is -1.03. The van der Waals surface area contributed by atoms with Gasteiger partial charge in [-0.15, -0.1) is 0 Å². The summed E-state index contributed by atoms with van der Waals surface area (Å²) >= 11 is 0. The van der Waals surface area contributed by atoms with Crippen molar-refractivity contribution in [2.75, 3.05) is 47.5 Å². The van der Waals surface area contributed by atoms with E-state index < -0.39 is 32.5 Å². The monoisotopic (exact) mass is 537 g/mol. The van der Waals surface area contributed by atoms with E-state index in [2.05, 4.69) is 6.92 Å². The Bertz CT molecular complexity index is 624. The van der Waals surface area contributed by atoms with E-state index in [0.29, 0.717) is 17.4 Å². The standard InChI is InChI=1S/C26H52NO8P/c1-6-7-8-9-10-11-12-13-14-15-16-17-18-19-26(29)35-25(22-32-24(2)28)23-34-36(30,31)33-21-20-27(3,4)5/h25H,6-23H2,1-5H3. The highest BCUT2D eigenvalue weighted by atomic mass is 31.2. The Morgan fingerprint density at radius 1 is 0.806 bits per heavy atom.